The van der Waals surface area contributed by atoms with Gasteiger partial charge in [-0.25, -0.2) is 9.97 Å². The summed E-state index contributed by atoms with van der Waals surface area (Å²) < 4.78 is 2.21. The smallest absolute Gasteiger partial charge is 0.231 e. The first-order chi connectivity index (χ1) is 16.1. The number of hydrogen-bond acceptors (Lipinski definition) is 5. The first-order valence-electron chi connectivity index (χ1n) is 11.4. The Morgan fingerprint density at radius 2 is 2.06 bits per heavy atom. The lowest BCUT2D eigenvalue weighted by molar-refractivity contribution is -0.117. The number of nitrogen functional groups attached to an aromatic ring is 1. The third-order valence-electron chi connectivity index (χ3n) is 6.82. The number of anilines is 2. The molecule has 0 spiro atoms. The molecule has 0 bridgehead atoms. The first-order valence-corrected chi connectivity index (χ1v) is 11.4. The van der Waals surface area contributed by atoms with Gasteiger partial charge < -0.3 is 20.5 Å². The highest BCUT2D eigenvalue weighted by molar-refractivity contribution is 6.02. The minimum Gasteiger partial charge on any atom is -0.383 e. The molecule has 2 aliphatic heterocycles. The summed E-state index contributed by atoms with van der Waals surface area (Å²) in [4.78, 5) is 23.8. The second-order valence-corrected chi connectivity index (χ2v) is 9.02. The Kier molecular flexibility index (Phi) is 4.66. The average Bonchev–Trinajstić information content (AvgIpc) is 3.35. The monoisotopic (exact) mass is 438 g/mol. The average molecular weight is 439 g/mol. The van der Waals surface area contributed by atoms with E-state index in [1.807, 2.05) is 17.0 Å². The summed E-state index contributed by atoms with van der Waals surface area (Å²) in [7, 11) is 0. The van der Waals surface area contributed by atoms with Gasteiger partial charge in [0.2, 0.25) is 5.91 Å². The lowest BCUT2D eigenvalue weighted by atomic mass is 10.0. The third kappa shape index (κ3) is 3.36. The molecule has 0 atom stereocenters. The van der Waals surface area contributed by atoms with Crippen LogP contribution in [0.15, 0.2) is 55.0 Å². The minimum absolute atomic E-state index is 0.138. The molecule has 0 aliphatic carbocycles. The number of aryl methyl sites for hydroxylation is 1. The van der Waals surface area contributed by atoms with Crippen LogP contribution in [0.3, 0.4) is 0 Å². The molecule has 7 nitrogen and oxygen atoms in total. The molecule has 4 aromatic rings. The van der Waals surface area contributed by atoms with Crippen molar-refractivity contribution in [2.24, 2.45) is 0 Å². The maximum atomic E-state index is 13.1. The molecule has 0 saturated carbocycles. The van der Waals surface area contributed by atoms with E-state index in [1.165, 1.54) is 17.5 Å². The summed E-state index contributed by atoms with van der Waals surface area (Å²) in [6.07, 6.45) is 4.95. The van der Waals surface area contributed by atoms with E-state index in [-0.39, 0.29) is 5.91 Å². The normalized spacial score (nSPS) is 15.6. The van der Waals surface area contributed by atoms with Gasteiger partial charge in [0.25, 0.3) is 0 Å². The van der Waals surface area contributed by atoms with E-state index >= 15 is 0 Å². The fourth-order valence-corrected chi connectivity index (χ4v) is 5.00. The predicted molar refractivity (Wildman–Crippen MR) is 130 cm³/mol. The van der Waals surface area contributed by atoms with Crippen LogP contribution < -0.4 is 16.0 Å². The van der Waals surface area contributed by atoms with Crippen LogP contribution >= 0.6 is 0 Å². The standard InChI is InChI=1S/C26H26N6O/c1-16-3-2-4-17(9-16)10-23(33)31-8-7-19-11-18(5-6-22(19)31)21-14-32(20-12-28-13-20)26-24(21)25(27)29-15-30-26/h2-6,9,11,14-15,20,28H,7-8,10,12-13H2,1H3,(H2,27,29,30). The third-order valence-corrected chi connectivity index (χ3v) is 6.82. The second-order valence-electron chi connectivity index (χ2n) is 9.02. The Hall–Kier alpha value is -3.71. The van der Waals surface area contributed by atoms with Gasteiger partial charge in [-0.15, -0.1) is 0 Å². The summed E-state index contributed by atoms with van der Waals surface area (Å²) in [5, 5.41) is 4.22. The van der Waals surface area contributed by atoms with Gasteiger partial charge in [0, 0.05) is 37.1 Å². The van der Waals surface area contributed by atoms with Crippen LogP contribution in [0.1, 0.15) is 22.7 Å². The maximum absolute atomic E-state index is 13.1. The molecule has 1 fully saturated rings. The number of carbonyl (C=O) groups is 1. The topological polar surface area (TPSA) is 89.1 Å². The Labute approximate surface area is 192 Å². The van der Waals surface area contributed by atoms with Gasteiger partial charge in [-0.2, -0.15) is 0 Å². The van der Waals surface area contributed by atoms with Gasteiger partial charge in [-0.3, -0.25) is 4.79 Å². The number of aromatic nitrogens is 3. The van der Waals surface area contributed by atoms with Crippen LogP contribution in [0, 0.1) is 6.92 Å². The number of nitrogens with one attached hydrogen (secondary N) is 1. The number of rotatable bonds is 4. The van der Waals surface area contributed by atoms with E-state index in [1.54, 1.807) is 0 Å². The molecule has 3 N–H and O–H groups in total. The predicted octanol–water partition coefficient (Wildman–Crippen LogP) is 3.27. The summed E-state index contributed by atoms with van der Waals surface area (Å²) in [6.45, 7) is 4.62. The first kappa shape index (κ1) is 19.9. The molecule has 1 saturated heterocycles. The molecular weight excluding hydrogens is 412 g/mol. The van der Waals surface area contributed by atoms with Crippen molar-refractivity contribution in [2.45, 2.75) is 25.8 Å². The van der Waals surface area contributed by atoms with Gasteiger partial charge in [0.15, 0.2) is 0 Å². The van der Waals surface area contributed by atoms with Crippen molar-refractivity contribution in [3.8, 4) is 11.1 Å². The Morgan fingerprint density at radius 3 is 2.85 bits per heavy atom. The van der Waals surface area contributed by atoms with Crippen molar-refractivity contribution >= 4 is 28.4 Å². The quantitative estimate of drug-likeness (QED) is 0.511. The summed E-state index contributed by atoms with van der Waals surface area (Å²) in [5.41, 5.74) is 13.7. The zero-order chi connectivity index (χ0) is 22.5. The molecule has 2 aromatic carbocycles. The Balaban J connectivity index is 1.34. The molecule has 1 amide bonds. The largest absolute Gasteiger partial charge is 0.383 e. The molecule has 0 radical (unpaired) electrons. The molecule has 166 valence electrons. The van der Waals surface area contributed by atoms with Gasteiger partial charge in [0.05, 0.1) is 17.8 Å². The number of nitrogens with zero attached hydrogens (tertiary/aromatic N) is 4. The van der Waals surface area contributed by atoms with Gasteiger partial charge >= 0.3 is 0 Å². The van der Waals surface area contributed by atoms with Crippen molar-refractivity contribution in [3.63, 3.8) is 0 Å². The van der Waals surface area contributed by atoms with E-state index in [0.717, 1.165) is 52.9 Å². The number of hydrogen-bond donors (Lipinski definition) is 2. The highest BCUT2D eigenvalue weighted by Crippen LogP contribution is 2.38. The van der Waals surface area contributed by atoms with Crippen molar-refractivity contribution in [3.05, 3.63) is 71.7 Å². The van der Waals surface area contributed by atoms with E-state index < -0.39 is 0 Å². The number of fused-ring (bicyclic) bond motifs is 2. The molecule has 33 heavy (non-hydrogen) atoms. The van der Waals surface area contributed by atoms with Crippen molar-refractivity contribution < 1.29 is 4.79 Å². The number of carbonyl (C=O) groups excluding carboxylic acids is 1. The van der Waals surface area contributed by atoms with E-state index in [4.69, 9.17) is 5.73 Å². The summed E-state index contributed by atoms with van der Waals surface area (Å²) >= 11 is 0. The molecular formula is C26H26N6O. The van der Waals surface area contributed by atoms with Crippen molar-refractivity contribution in [2.75, 3.05) is 30.3 Å². The van der Waals surface area contributed by atoms with Gasteiger partial charge in [-0.05, 0) is 42.2 Å². The Bertz CT molecular complexity index is 1390. The van der Waals surface area contributed by atoms with Crippen molar-refractivity contribution in [1.82, 2.24) is 19.9 Å². The highest BCUT2D eigenvalue weighted by atomic mass is 16.2. The molecule has 7 heteroatoms. The molecule has 0 unspecified atom stereocenters. The van der Waals surface area contributed by atoms with Crippen LogP contribution in [0.5, 0.6) is 0 Å². The summed E-state index contributed by atoms with van der Waals surface area (Å²) in [6, 6.07) is 14.9. The zero-order valence-corrected chi connectivity index (χ0v) is 18.6. The molecule has 6 rings (SSSR count). The van der Waals surface area contributed by atoms with E-state index in [0.29, 0.717) is 24.8 Å². The van der Waals surface area contributed by atoms with E-state index in [9.17, 15) is 4.79 Å². The van der Waals surface area contributed by atoms with Crippen LogP contribution in [-0.2, 0) is 17.6 Å². The Morgan fingerprint density at radius 1 is 1.18 bits per heavy atom. The van der Waals surface area contributed by atoms with Crippen molar-refractivity contribution in [1.29, 1.82) is 0 Å². The van der Waals surface area contributed by atoms with E-state index in [2.05, 4.69) is 63.3 Å². The number of benzene rings is 2. The van der Waals surface area contributed by atoms with Gasteiger partial charge in [0.1, 0.15) is 17.8 Å². The molecule has 4 heterocycles. The second kappa shape index (κ2) is 7.71. The maximum Gasteiger partial charge on any atom is 0.231 e. The van der Waals surface area contributed by atoms with Crippen LogP contribution in [0.25, 0.3) is 22.2 Å². The molecule has 2 aromatic heterocycles. The fourth-order valence-electron chi connectivity index (χ4n) is 5.00. The number of amides is 1. The van der Waals surface area contributed by atoms with Crippen LogP contribution in [0.4, 0.5) is 11.5 Å². The lowest BCUT2D eigenvalue weighted by Crippen LogP contribution is -2.43. The SMILES string of the molecule is Cc1cccc(CC(=O)N2CCc3cc(-c4cn(C5CNC5)c5ncnc(N)c45)ccc32)c1. The zero-order valence-electron chi connectivity index (χ0n) is 18.6. The molecule has 2 aliphatic rings. The minimum atomic E-state index is 0.138. The fraction of sp³-hybridized carbons (Fsp3) is 0.269. The number of nitrogens with two attached hydrogens (primary N) is 1. The summed E-state index contributed by atoms with van der Waals surface area (Å²) in [5.74, 6) is 0.635. The van der Waals surface area contributed by atoms with Gasteiger partial charge in [-0.1, -0.05) is 35.9 Å². The van der Waals surface area contributed by atoms with Crippen LogP contribution in [0.2, 0.25) is 0 Å². The van der Waals surface area contributed by atoms with Crippen LogP contribution in [-0.4, -0.2) is 40.1 Å². The lowest BCUT2D eigenvalue weighted by Gasteiger charge is -2.28. The highest BCUT2D eigenvalue weighted by Gasteiger charge is 2.27.